The summed E-state index contributed by atoms with van der Waals surface area (Å²) in [5.41, 5.74) is 1.65. The molecule has 31 heavy (non-hydrogen) atoms. The SMILES string of the molecule is CC(=O)Nc1ccc(NC(=S)NC(=O)c2ccc(N3CCOCC3)c([N+](=O)[O-])c2)cc1. The second-order valence-corrected chi connectivity index (χ2v) is 7.14. The van der Waals surface area contributed by atoms with Crippen LogP contribution in [0.15, 0.2) is 42.5 Å². The summed E-state index contributed by atoms with van der Waals surface area (Å²) in [5.74, 6) is -0.749. The Kier molecular flexibility index (Phi) is 7.11. The van der Waals surface area contributed by atoms with Crippen molar-refractivity contribution in [1.29, 1.82) is 0 Å². The second kappa shape index (κ2) is 9.96. The first-order valence-electron chi connectivity index (χ1n) is 9.44. The van der Waals surface area contributed by atoms with Gasteiger partial charge in [0.05, 0.1) is 18.1 Å². The maximum Gasteiger partial charge on any atom is 0.293 e. The van der Waals surface area contributed by atoms with Crippen LogP contribution in [0.2, 0.25) is 0 Å². The Hall–Kier alpha value is -3.57. The lowest BCUT2D eigenvalue weighted by atomic mass is 10.1. The molecular formula is C20H21N5O5S. The Morgan fingerprint density at radius 1 is 1.06 bits per heavy atom. The van der Waals surface area contributed by atoms with Crippen molar-refractivity contribution in [2.45, 2.75) is 6.92 Å². The molecule has 162 valence electrons. The molecule has 1 fully saturated rings. The molecule has 1 aliphatic rings. The van der Waals surface area contributed by atoms with Gasteiger partial charge in [0.25, 0.3) is 11.6 Å². The fraction of sp³-hybridized carbons (Fsp3) is 0.250. The molecule has 0 spiro atoms. The first kappa shape index (κ1) is 22.1. The van der Waals surface area contributed by atoms with Crippen LogP contribution in [-0.4, -0.2) is 48.2 Å². The summed E-state index contributed by atoms with van der Waals surface area (Å²) in [6, 6.07) is 11.1. The number of hydrogen-bond donors (Lipinski definition) is 3. The summed E-state index contributed by atoms with van der Waals surface area (Å²) in [4.78, 5) is 36.5. The van der Waals surface area contributed by atoms with Crippen molar-refractivity contribution in [2.24, 2.45) is 0 Å². The molecule has 0 atom stereocenters. The zero-order valence-electron chi connectivity index (χ0n) is 16.7. The van der Waals surface area contributed by atoms with Gasteiger partial charge in [-0.05, 0) is 48.6 Å². The summed E-state index contributed by atoms with van der Waals surface area (Å²) in [5, 5.41) is 19.6. The van der Waals surface area contributed by atoms with E-state index in [0.717, 1.165) is 0 Å². The molecule has 3 N–H and O–H groups in total. The van der Waals surface area contributed by atoms with Crippen LogP contribution in [0.25, 0.3) is 0 Å². The molecule has 0 unspecified atom stereocenters. The van der Waals surface area contributed by atoms with E-state index in [9.17, 15) is 19.7 Å². The lowest BCUT2D eigenvalue weighted by molar-refractivity contribution is -0.384. The van der Waals surface area contributed by atoms with Gasteiger partial charge in [-0.25, -0.2) is 0 Å². The highest BCUT2D eigenvalue weighted by Crippen LogP contribution is 2.30. The number of ether oxygens (including phenoxy) is 1. The Balaban J connectivity index is 1.66. The number of nitro benzene ring substituents is 1. The summed E-state index contributed by atoms with van der Waals surface area (Å²) >= 11 is 5.16. The quantitative estimate of drug-likeness (QED) is 0.366. The zero-order valence-corrected chi connectivity index (χ0v) is 17.5. The van der Waals surface area contributed by atoms with Crippen molar-refractivity contribution < 1.29 is 19.2 Å². The number of nitrogens with one attached hydrogen (secondary N) is 3. The third-order valence-corrected chi connectivity index (χ3v) is 4.68. The number of nitro groups is 1. The summed E-state index contributed by atoms with van der Waals surface area (Å²) in [6.45, 7) is 3.48. The number of carbonyl (C=O) groups excluding carboxylic acids is 2. The monoisotopic (exact) mass is 443 g/mol. The summed E-state index contributed by atoms with van der Waals surface area (Å²) < 4.78 is 5.28. The van der Waals surface area contributed by atoms with Crippen molar-refractivity contribution in [1.82, 2.24) is 5.32 Å². The van der Waals surface area contributed by atoms with Crippen molar-refractivity contribution in [3.63, 3.8) is 0 Å². The molecule has 2 aromatic rings. The number of hydrogen-bond acceptors (Lipinski definition) is 7. The molecule has 1 heterocycles. The largest absolute Gasteiger partial charge is 0.378 e. The molecule has 0 bridgehead atoms. The van der Waals surface area contributed by atoms with Gasteiger partial charge in [0, 0.05) is 43.0 Å². The maximum absolute atomic E-state index is 12.5. The lowest BCUT2D eigenvalue weighted by Gasteiger charge is -2.28. The van der Waals surface area contributed by atoms with Gasteiger partial charge in [-0.2, -0.15) is 0 Å². The fourth-order valence-electron chi connectivity index (χ4n) is 3.06. The topological polar surface area (TPSA) is 126 Å². The normalized spacial score (nSPS) is 13.3. The minimum Gasteiger partial charge on any atom is -0.378 e. The molecule has 3 rings (SSSR count). The Labute approximate surface area is 183 Å². The average molecular weight is 443 g/mol. The van der Waals surface area contributed by atoms with E-state index in [1.807, 2.05) is 4.90 Å². The van der Waals surface area contributed by atoms with Crippen molar-refractivity contribution in [3.8, 4) is 0 Å². The number of amides is 2. The number of morpholine rings is 1. The van der Waals surface area contributed by atoms with Crippen molar-refractivity contribution in [3.05, 3.63) is 58.1 Å². The predicted octanol–water partition coefficient (Wildman–Crippen LogP) is 2.52. The fourth-order valence-corrected chi connectivity index (χ4v) is 3.27. The van der Waals surface area contributed by atoms with Gasteiger partial charge in [0.1, 0.15) is 5.69 Å². The van der Waals surface area contributed by atoms with E-state index in [1.165, 1.54) is 19.1 Å². The molecule has 10 nitrogen and oxygen atoms in total. The van der Waals surface area contributed by atoms with Crippen LogP contribution in [0, 0.1) is 10.1 Å². The van der Waals surface area contributed by atoms with Crippen LogP contribution in [0.4, 0.5) is 22.7 Å². The zero-order chi connectivity index (χ0) is 22.4. The number of rotatable bonds is 5. The minimum atomic E-state index is -0.566. The first-order valence-corrected chi connectivity index (χ1v) is 9.85. The Morgan fingerprint density at radius 2 is 1.68 bits per heavy atom. The molecule has 0 radical (unpaired) electrons. The highest BCUT2D eigenvalue weighted by atomic mass is 32.1. The lowest BCUT2D eigenvalue weighted by Crippen LogP contribution is -2.37. The van der Waals surface area contributed by atoms with E-state index in [0.29, 0.717) is 43.4 Å². The van der Waals surface area contributed by atoms with Crippen LogP contribution in [0.3, 0.4) is 0 Å². The average Bonchev–Trinajstić information content (AvgIpc) is 2.75. The van der Waals surface area contributed by atoms with Gasteiger partial charge in [0.2, 0.25) is 5.91 Å². The number of benzene rings is 2. The van der Waals surface area contributed by atoms with E-state index in [4.69, 9.17) is 17.0 Å². The Bertz CT molecular complexity index is 1010. The molecule has 1 saturated heterocycles. The number of carbonyl (C=O) groups is 2. The number of thiocarbonyl (C=S) groups is 1. The van der Waals surface area contributed by atoms with E-state index in [-0.39, 0.29) is 22.3 Å². The van der Waals surface area contributed by atoms with Crippen LogP contribution in [0.5, 0.6) is 0 Å². The highest BCUT2D eigenvalue weighted by Gasteiger charge is 2.23. The summed E-state index contributed by atoms with van der Waals surface area (Å²) in [6.07, 6.45) is 0. The molecular weight excluding hydrogens is 422 g/mol. The molecule has 0 aliphatic carbocycles. The van der Waals surface area contributed by atoms with Crippen molar-refractivity contribution in [2.75, 3.05) is 41.8 Å². The smallest absolute Gasteiger partial charge is 0.293 e. The number of anilines is 3. The number of nitrogens with zero attached hydrogens (tertiary/aromatic N) is 2. The second-order valence-electron chi connectivity index (χ2n) is 6.73. The van der Waals surface area contributed by atoms with Crippen molar-refractivity contribution >= 4 is 51.9 Å². The first-order chi connectivity index (χ1) is 14.8. The van der Waals surface area contributed by atoms with E-state index >= 15 is 0 Å². The molecule has 2 aromatic carbocycles. The molecule has 11 heteroatoms. The standard InChI is InChI=1S/C20H21N5O5S/c1-13(26)21-15-3-5-16(6-4-15)22-20(31)23-19(27)14-2-7-17(18(12-14)25(28)29)24-8-10-30-11-9-24/h2-7,12H,8-11H2,1H3,(H,21,26)(H2,22,23,27,31). The van der Waals surface area contributed by atoms with E-state index in [1.54, 1.807) is 30.3 Å². The third kappa shape index (κ3) is 5.96. The Morgan fingerprint density at radius 3 is 2.26 bits per heavy atom. The van der Waals surface area contributed by atoms with Crippen LogP contribution < -0.4 is 20.9 Å². The maximum atomic E-state index is 12.5. The van der Waals surface area contributed by atoms with Crippen LogP contribution in [-0.2, 0) is 9.53 Å². The minimum absolute atomic E-state index is 0.0391. The van der Waals surface area contributed by atoms with E-state index < -0.39 is 10.8 Å². The summed E-state index contributed by atoms with van der Waals surface area (Å²) in [7, 11) is 0. The predicted molar refractivity (Wildman–Crippen MR) is 121 cm³/mol. The highest BCUT2D eigenvalue weighted by molar-refractivity contribution is 7.80. The van der Waals surface area contributed by atoms with Crippen LogP contribution in [0.1, 0.15) is 17.3 Å². The van der Waals surface area contributed by atoms with Gasteiger partial charge >= 0.3 is 0 Å². The molecule has 0 saturated carbocycles. The molecule has 0 aromatic heterocycles. The van der Waals surface area contributed by atoms with Crippen LogP contribution >= 0.6 is 12.2 Å². The van der Waals surface area contributed by atoms with Gasteiger partial charge in [0.15, 0.2) is 5.11 Å². The van der Waals surface area contributed by atoms with Gasteiger partial charge in [-0.15, -0.1) is 0 Å². The molecule has 1 aliphatic heterocycles. The van der Waals surface area contributed by atoms with E-state index in [2.05, 4.69) is 16.0 Å². The van der Waals surface area contributed by atoms with Gasteiger partial charge < -0.3 is 20.3 Å². The van der Waals surface area contributed by atoms with Gasteiger partial charge in [-0.3, -0.25) is 25.0 Å². The van der Waals surface area contributed by atoms with Gasteiger partial charge in [-0.1, -0.05) is 0 Å². The molecule has 2 amide bonds. The third-order valence-electron chi connectivity index (χ3n) is 4.48.